The highest BCUT2D eigenvalue weighted by molar-refractivity contribution is 7.91. The smallest absolute Gasteiger partial charge is 0.413 e. The summed E-state index contributed by atoms with van der Waals surface area (Å²) in [5.74, 6) is -4.18. The van der Waals surface area contributed by atoms with Crippen molar-refractivity contribution in [2.75, 3.05) is 29.5 Å². The first-order valence-corrected chi connectivity index (χ1v) is 12.0. The Kier molecular flexibility index (Phi) is 6.49. The van der Waals surface area contributed by atoms with Gasteiger partial charge in [-0.15, -0.1) is 10.2 Å². The number of sulfone groups is 1. The first-order valence-electron chi connectivity index (χ1n) is 10.1. The molecule has 0 unspecified atom stereocenters. The number of alkyl halides is 3. The lowest BCUT2D eigenvalue weighted by molar-refractivity contribution is -0.156. The van der Waals surface area contributed by atoms with Crippen molar-refractivity contribution in [2.24, 2.45) is 0 Å². The minimum absolute atomic E-state index is 0.0852. The Labute approximate surface area is 195 Å². The van der Waals surface area contributed by atoms with Gasteiger partial charge in [0.15, 0.2) is 9.84 Å². The molecule has 2 heterocycles. The van der Waals surface area contributed by atoms with Crippen LogP contribution in [0.4, 0.5) is 32.4 Å². The van der Waals surface area contributed by atoms with Gasteiger partial charge in [-0.1, -0.05) is 12.1 Å². The number of benzene rings is 2. The molecule has 0 saturated carbocycles. The molecule has 186 valence electrons. The largest absolute Gasteiger partial charge is 0.470 e. The van der Waals surface area contributed by atoms with Gasteiger partial charge in [0, 0.05) is 24.7 Å². The summed E-state index contributed by atoms with van der Waals surface area (Å²) in [7, 11) is -3.28. The fourth-order valence-electron chi connectivity index (χ4n) is 3.42. The normalized spacial score (nSPS) is 15.7. The standard InChI is InChI=1S/C21H17F5N4O4S/c22-15-5-6-17(16(23)11-15)30(20(31)29-7-9-35(32,33)10-8-29)12-13-1-3-14(4-2-13)18-27-28-19(34-18)21(24,25)26/h1-6,11H,7-10,12H2. The zero-order valence-corrected chi connectivity index (χ0v) is 18.6. The number of anilines is 1. The molecule has 0 atom stereocenters. The van der Waals surface area contributed by atoms with E-state index in [9.17, 15) is 35.2 Å². The molecule has 1 saturated heterocycles. The number of hydrogen-bond donors (Lipinski definition) is 0. The first-order chi connectivity index (χ1) is 16.4. The first kappa shape index (κ1) is 24.6. The van der Waals surface area contributed by atoms with Crippen molar-refractivity contribution in [3.63, 3.8) is 0 Å². The third kappa shape index (κ3) is 5.58. The maximum absolute atomic E-state index is 14.6. The molecule has 4 rings (SSSR count). The maximum atomic E-state index is 14.6. The molecule has 2 amide bonds. The van der Waals surface area contributed by atoms with Gasteiger partial charge in [-0.2, -0.15) is 13.2 Å². The van der Waals surface area contributed by atoms with Crippen LogP contribution < -0.4 is 4.90 Å². The average Bonchev–Trinajstić information content (AvgIpc) is 3.29. The zero-order valence-electron chi connectivity index (χ0n) is 17.8. The number of hydrogen-bond acceptors (Lipinski definition) is 6. The van der Waals surface area contributed by atoms with Crippen LogP contribution in [0, 0.1) is 11.6 Å². The van der Waals surface area contributed by atoms with Crippen LogP contribution in [0.3, 0.4) is 0 Å². The van der Waals surface area contributed by atoms with E-state index in [1.807, 2.05) is 0 Å². The molecule has 1 aromatic heterocycles. The van der Waals surface area contributed by atoms with E-state index in [1.165, 1.54) is 29.2 Å². The molecule has 2 aromatic carbocycles. The third-order valence-corrected chi connectivity index (χ3v) is 6.86. The predicted octanol–water partition coefficient (Wildman–Crippen LogP) is 3.89. The molecule has 1 fully saturated rings. The molecule has 3 aromatic rings. The van der Waals surface area contributed by atoms with E-state index in [2.05, 4.69) is 14.6 Å². The molecular formula is C21H17F5N4O4S. The van der Waals surface area contributed by atoms with E-state index in [0.29, 0.717) is 11.6 Å². The Morgan fingerprint density at radius 1 is 1.03 bits per heavy atom. The van der Waals surface area contributed by atoms with E-state index >= 15 is 0 Å². The highest BCUT2D eigenvalue weighted by atomic mass is 32.2. The number of urea groups is 1. The van der Waals surface area contributed by atoms with Crippen LogP contribution in [-0.2, 0) is 22.6 Å². The molecule has 0 spiro atoms. The van der Waals surface area contributed by atoms with Crippen molar-refractivity contribution in [1.29, 1.82) is 0 Å². The minimum atomic E-state index is -4.79. The van der Waals surface area contributed by atoms with E-state index in [0.717, 1.165) is 17.0 Å². The Morgan fingerprint density at radius 3 is 2.26 bits per heavy atom. The number of nitrogens with zero attached hydrogens (tertiary/aromatic N) is 4. The van der Waals surface area contributed by atoms with Crippen molar-refractivity contribution >= 4 is 21.6 Å². The summed E-state index contributed by atoms with van der Waals surface area (Å²) in [5, 5.41) is 6.33. The summed E-state index contributed by atoms with van der Waals surface area (Å²) in [6, 6.07) is 7.73. The topological polar surface area (TPSA) is 96.6 Å². The predicted molar refractivity (Wildman–Crippen MR) is 113 cm³/mol. The van der Waals surface area contributed by atoms with Crippen LogP contribution in [0.1, 0.15) is 11.5 Å². The van der Waals surface area contributed by atoms with Crippen LogP contribution >= 0.6 is 0 Å². The Balaban J connectivity index is 1.59. The maximum Gasteiger partial charge on any atom is 0.470 e. The lowest BCUT2D eigenvalue weighted by Crippen LogP contribution is -2.50. The molecule has 8 nitrogen and oxygen atoms in total. The molecule has 0 bridgehead atoms. The molecule has 35 heavy (non-hydrogen) atoms. The van der Waals surface area contributed by atoms with Gasteiger partial charge in [0.25, 0.3) is 0 Å². The Morgan fingerprint density at radius 2 is 1.69 bits per heavy atom. The number of carbonyl (C=O) groups is 1. The van der Waals surface area contributed by atoms with Gasteiger partial charge in [-0.3, -0.25) is 4.90 Å². The third-order valence-electron chi connectivity index (χ3n) is 5.26. The SMILES string of the molecule is O=C(N1CCS(=O)(=O)CC1)N(Cc1ccc(-c2nnc(C(F)(F)F)o2)cc1)c1ccc(F)cc1F. The van der Waals surface area contributed by atoms with Crippen molar-refractivity contribution in [3.05, 3.63) is 65.6 Å². The van der Waals surface area contributed by atoms with E-state index in [-0.39, 0.29) is 48.3 Å². The highest BCUT2D eigenvalue weighted by Gasteiger charge is 2.38. The summed E-state index contributed by atoms with van der Waals surface area (Å²) >= 11 is 0. The van der Waals surface area contributed by atoms with Gasteiger partial charge >= 0.3 is 18.1 Å². The summed E-state index contributed by atoms with van der Waals surface area (Å²) in [4.78, 5) is 15.5. The van der Waals surface area contributed by atoms with Crippen LogP contribution in [0.2, 0.25) is 0 Å². The quantitative estimate of drug-likeness (QED) is 0.489. The van der Waals surface area contributed by atoms with Crippen LogP contribution in [-0.4, -0.2) is 54.1 Å². The Hall–Kier alpha value is -3.55. The van der Waals surface area contributed by atoms with Gasteiger partial charge in [-0.05, 0) is 29.8 Å². The fraction of sp³-hybridized carbons (Fsp3) is 0.286. The fourth-order valence-corrected chi connectivity index (χ4v) is 4.62. The van der Waals surface area contributed by atoms with Crippen molar-refractivity contribution in [3.8, 4) is 11.5 Å². The number of amides is 2. The second-order valence-corrected chi connectivity index (χ2v) is 10.0. The van der Waals surface area contributed by atoms with Gasteiger partial charge in [0.05, 0.1) is 23.7 Å². The summed E-state index contributed by atoms with van der Waals surface area (Å²) < 4.78 is 94.1. The van der Waals surface area contributed by atoms with Crippen molar-refractivity contribution < 1.29 is 39.6 Å². The average molecular weight is 516 g/mol. The van der Waals surface area contributed by atoms with Crippen LogP contribution in [0.15, 0.2) is 46.9 Å². The molecular weight excluding hydrogens is 499 g/mol. The molecule has 14 heteroatoms. The monoisotopic (exact) mass is 516 g/mol. The molecule has 0 radical (unpaired) electrons. The van der Waals surface area contributed by atoms with Gasteiger partial charge in [-0.25, -0.2) is 22.0 Å². The van der Waals surface area contributed by atoms with E-state index in [4.69, 9.17) is 0 Å². The van der Waals surface area contributed by atoms with E-state index in [1.54, 1.807) is 0 Å². The zero-order chi connectivity index (χ0) is 25.4. The van der Waals surface area contributed by atoms with Crippen LogP contribution in [0.25, 0.3) is 11.5 Å². The van der Waals surface area contributed by atoms with Crippen molar-refractivity contribution in [1.82, 2.24) is 15.1 Å². The summed E-state index contributed by atoms with van der Waals surface area (Å²) in [5.41, 5.74) is 0.412. The molecule has 1 aliphatic heterocycles. The Bertz CT molecular complexity index is 1330. The van der Waals surface area contributed by atoms with Crippen molar-refractivity contribution in [2.45, 2.75) is 12.7 Å². The lowest BCUT2D eigenvalue weighted by atomic mass is 10.1. The number of carbonyl (C=O) groups excluding carboxylic acids is 1. The molecule has 1 aliphatic rings. The van der Waals surface area contributed by atoms with Gasteiger partial charge in [0.1, 0.15) is 11.6 Å². The van der Waals surface area contributed by atoms with Gasteiger partial charge in [0.2, 0.25) is 5.89 Å². The second-order valence-electron chi connectivity index (χ2n) is 7.71. The number of aromatic nitrogens is 2. The summed E-state index contributed by atoms with van der Waals surface area (Å²) in [6.07, 6.45) is -4.79. The molecule has 0 aliphatic carbocycles. The minimum Gasteiger partial charge on any atom is -0.413 e. The van der Waals surface area contributed by atoms with Crippen LogP contribution in [0.5, 0.6) is 0 Å². The number of rotatable bonds is 4. The summed E-state index contributed by atoms with van der Waals surface area (Å²) in [6.45, 7) is -0.362. The second kappa shape index (κ2) is 9.24. The highest BCUT2D eigenvalue weighted by Crippen LogP contribution is 2.31. The number of halogens is 5. The van der Waals surface area contributed by atoms with Gasteiger partial charge < -0.3 is 9.32 Å². The molecule has 0 N–H and O–H groups in total. The lowest BCUT2D eigenvalue weighted by Gasteiger charge is -2.33. The van der Waals surface area contributed by atoms with E-state index < -0.39 is 39.6 Å².